The van der Waals surface area contributed by atoms with Gasteiger partial charge in [-0.05, 0) is 31.8 Å². The van der Waals surface area contributed by atoms with E-state index < -0.39 is 17.6 Å². The third-order valence-electron chi connectivity index (χ3n) is 2.53. The van der Waals surface area contributed by atoms with Crippen LogP contribution in [0.1, 0.15) is 17.2 Å². The Morgan fingerprint density at radius 2 is 1.88 bits per heavy atom. The van der Waals surface area contributed by atoms with E-state index >= 15 is 0 Å². The topological polar surface area (TPSA) is 29.3 Å². The minimum atomic E-state index is -4.69. The summed E-state index contributed by atoms with van der Waals surface area (Å²) in [5.41, 5.74) is 4.58. The zero-order valence-electron chi connectivity index (χ0n) is 9.55. The van der Waals surface area contributed by atoms with Crippen molar-refractivity contribution < 1.29 is 17.6 Å². The van der Waals surface area contributed by atoms with Crippen LogP contribution in [0.3, 0.4) is 0 Å². The Balaban J connectivity index is 3.21. The highest BCUT2D eigenvalue weighted by molar-refractivity contribution is 5.29. The van der Waals surface area contributed by atoms with Crippen LogP contribution in [0.4, 0.5) is 17.6 Å². The lowest BCUT2D eigenvalue weighted by atomic mass is 10.0. The molecule has 0 spiro atoms. The SMILES string of the molecule is CN(C)C(CN)c1ccc(F)c(C(F)(F)F)c1. The maximum atomic E-state index is 13.1. The van der Waals surface area contributed by atoms with Crippen LogP contribution in [0.15, 0.2) is 18.2 Å². The standard InChI is InChI=1S/C11H14F4N2/c1-17(2)10(6-16)7-3-4-9(12)8(5-7)11(13,14)15/h3-5,10H,6,16H2,1-2H3. The first-order chi connectivity index (χ1) is 7.77. The van der Waals surface area contributed by atoms with Crippen molar-refractivity contribution in [3.63, 3.8) is 0 Å². The summed E-state index contributed by atoms with van der Waals surface area (Å²) in [6, 6.07) is 2.59. The first-order valence-electron chi connectivity index (χ1n) is 5.00. The molecular formula is C11H14F4N2. The van der Waals surface area contributed by atoms with Crippen molar-refractivity contribution in [3.05, 3.63) is 35.1 Å². The summed E-state index contributed by atoms with van der Waals surface area (Å²) in [6.45, 7) is 0.163. The van der Waals surface area contributed by atoms with Gasteiger partial charge in [-0.15, -0.1) is 0 Å². The second-order valence-corrected chi connectivity index (χ2v) is 3.95. The van der Waals surface area contributed by atoms with E-state index in [1.54, 1.807) is 19.0 Å². The molecule has 1 aromatic rings. The average molecular weight is 250 g/mol. The summed E-state index contributed by atoms with van der Waals surface area (Å²) in [7, 11) is 3.41. The molecule has 0 bridgehead atoms. The van der Waals surface area contributed by atoms with Gasteiger partial charge in [0, 0.05) is 12.6 Å². The third-order valence-corrected chi connectivity index (χ3v) is 2.53. The van der Waals surface area contributed by atoms with Crippen LogP contribution in [0.5, 0.6) is 0 Å². The second kappa shape index (κ2) is 5.01. The Hall–Kier alpha value is -1.14. The van der Waals surface area contributed by atoms with Crippen molar-refractivity contribution >= 4 is 0 Å². The van der Waals surface area contributed by atoms with E-state index in [1.165, 1.54) is 6.07 Å². The molecule has 0 aliphatic carbocycles. The fraction of sp³-hybridized carbons (Fsp3) is 0.455. The van der Waals surface area contributed by atoms with Gasteiger partial charge >= 0.3 is 6.18 Å². The third kappa shape index (κ3) is 3.17. The van der Waals surface area contributed by atoms with Crippen LogP contribution in [0.25, 0.3) is 0 Å². The van der Waals surface area contributed by atoms with Crippen LogP contribution >= 0.6 is 0 Å². The number of nitrogens with zero attached hydrogens (tertiary/aromatic N) is 1. The van der Waals surface area contributed by atoms with Crippen molar-refractivity contribution in [2.75, 3.05) is 20.6 Å². The van der Waals surface area contributed by atoms with Crippen molar-refractivity contribution in [3.8, 4) is 0 Å². The van der Waals surface area contributed by atoms with Gasteiger partial charge < -0.3 is 10.6 Å². The predicted molar refractivity (Wildman–Crippen MR) is 56.9 cm³/mol. The molecule has 17 heavy (non-hydrogen) atoms. The molecule has 0 saturated heterocycles. The molecule has 1 atom stereocenters. The van der Waals surface area contributed by atoms with E-state index in [1.807, 2.05) is 0 Å². The van der Waals surface area contributed by atoms with Gasteiger partial charge in [0.25, 0.3) is 0 Å². The molecule has 1 aromatic carbocycles. The Morgan fingerprint density at radius 3 is 2.29 bits per heavy atom. The van der Waals surface area contributed by atoms with Crippen molar-refractivity contribution in [1.29, 1.82) is 0 Å². The lowest BCUT2D eigenvalue weighted by Gasteiger charge is -2.24. The summed E-state index contributed by atoms with van der Waals surface area (Å²) >= 11 is 0. The monoisotopic (exact) mass is 250 g/mol. The Kier molecular flexibility index (Phi) is 4.11. The van der Waals surface area contributed by atoms with Gasteiger partial charge in [0.2, 0.25) is 0 Å². The van der Waals surface area contributed by atoms with Gasteiger partial charge in [-0.1, -0.05) is 6.07 Å². The summed E-state index contributed by atoms with van der Waals surface area (Å²) in [5.74, 6) is -1.27. The molecule has 0 aliphatic rings. The summed E-state index contributed by atoms with van der Waals surface area (Å²) in [6.07, 6.45) is -4.69. The van der Waals surface area contributed by atoms with Crippen LogP contribution in [0.2, 0.25) is 0 Å². The average Bonchev–Trinajstić information content (AvgIpc) is 2.19. The zero-order chi connectivity index (χ0) is 13.2. The summed E-state index contributed by atoms with van der Waals surface area (Å²) < 4.78 is 50.6. The van der Waals surface area contributed by atoms with Crippen molar-refractivity contribution in [2.24, 2.45) is 5.73 Å². The molecule has 0 aliphatic heterocycles. The van der Waals surface area contributed by atoms with Gasteiger partial charge in [-0.3, -0.25) is 0 Å². The maximum Gasteiger partial charge on any atom is 0.419 e. The highest BCUT2D eigenvalue weighted by Crippen LogP contribution is 2.33. The fourth-order valence-corrected chi connectivity index (χ4v) is 1.61. The number of hydrogen-bond acceptors (Lipinski definition) is 2. The molecule has 0 radical (unpaired) electrons. The number of alkyl halides is 3. The Morgan fingerprint density at radius 1 is 1.29 bits per heavy atom. The van der Waals surface area contributed by atoms with E-state index in [2.05, 4.69) is 0 Å². The molecule has 6 heteroatoms. The van der Waals surface area contributed by atoms with E-state index in [0.29, 0.717) is 5.56 Å². The lowest BCUT2D eigenvalue weighted by Crippen LogP contribution is -2.27. The van der Waals surface area contributed by atoms with Crippen LogP contribution in [0, 0.1) is 5.82 Å². The first-order valence-corrected chi connectivity index (χ1v) is 5.00. The van der Waals surface area contributed by atoms with Crippen molar-refractivity contribution in [1.82, 2.24) is 4.90 Å². The van der Waals surface area contributed by atoms with Crippen LogP contribution in [-0.4, -0.2) is 25.5 Å². The second-order valence-electron chi connectivity index (χ2n) is 3.95. The molecule has 0 saturated carbocycles. The number of rotatable bonds is 3. The van der Waals surface area contributed by atoms with Gasteiger partial charge in [-0.2, -0.15) is 13.2 Å². The molecule has 0 amide bonds. The summed E-state index contributed by atoms with van der Waals surface area (Å²) in [4.78, 5) is 1.69. The zero-order valence-corrected chi connectivity index (χ0v) is 9.55. The minimum absolute atomic E-state index is 0.163. The first kappa shape index (κ1) is 13.9. The van der Waals surface area contributed by atoms with Gasteiger partial charge in [0.15, 0.2) is 0 Å². The number of hydrogen-bond donors (Lipinski definition) is 1. The normalized spacial score (nSPS) is 14.1. The lowest BCUT2D eigenvalue weighted by molar-refractivity contribution is -0.140. The number of halogens is 4. The van der Waals surface area contributed by atoms with Gasteiger partial charge in [-0.25, -0.2) is 4.39 Å². The molecule has 96 valence electrons. The van der Waals surface area contributed by atoms with E-state index in [0.717, 1.165) is 12.1 Å². The van der Waals surface area contributed by atoms with Crippen LogP contribution in [-0.2, 0) is 6.18 Å². The Bertz CT molecular complexity index is 388. The highest BCUT2D eigenvalue weighted by Gasteiger charge is 2.34. The molecule has 2 nitrogen and oxygen atoms in total. The fourth-order valence-electron chi connectivity index (χ4n) is 1.61. The summed E-state index contributed by atoms with van der Waals surface area (Å²) in [5, 5.41) is 0. The molecule has 0 heterocycles. The largest absolute Gasteiger partial charge is 0.419 e. The van der Waals surface area contributed by atoms with Gasteiger partial charge in [0.05, 0.1) is 5.56 Å². The number of benzene rings is 1. The van der Waals surface area contributed by atoms with E-state index in [9.17, 15) is 17.6 Å². The Labute approximate surface area is 97.0 Å². The minimum Gasteiger partial charge on any atom is -0.329 e. The van der Waals surface area contributed by atoms with Crippen LogP contribution < -0.4 is 5.73 Å². The maximum absolute atomic E-state index is 13.1. The molecular weight excluding hydrogens is 236 g/mol. The van der Waals surface area contributed by atoms with Crippen molar-refractivity contribution in [2.45, 2.75) is 12.2 Å². The number of nitrogens with two attached hydrogens (primary N) is 1. The number of likely N-dealkylation sites (N-methyl/N-ethyl adjacent to an activating group) is 1. The highest BCUT2D eigenvalue weighted by atomic mass is 19.4. The molecule has 0 aromatic heterocycles. The molecule has 1 rings (SSSR count). The molecule has 0 fully saturated rings. The van der Waals surface area contributed by atoms with E-state index in [-0.39, 0.29) is 12.6 Å². The molecule has 2 N–H and O–H groups in total. The molecule has 1 unspecified atom stereocenters. The predicted octanol–water partition coefficient (Wildman–Crippen LogP) is 2.41. The quantitative estimate of drug-likeness (QED) is 0.835. The van der Waals surface area contributed by atoms with Gasteiger partial charge in [0.1, 0.15) is 5.82 Å². The van der Waals surface area contributed by atoms with E-state index in [4.69, 9.17) is 5.73 Å². The smallest absolute Gasteiger partial charge is 0.329 e.